The van der Waals surface area contributed by atoms with Crippen LogP contribution in [0.15, 0.2) is 155 Å². The van der Waals surface area contributed by atoms with Gasteiger partial charge in [-0.2, -0.15) is 35.7 Å². The van der Waals surface area contributed by atoms with Crippen LogP contribution in [0.2, 0.25) is 0 Å². The average molecular weight is 2030 g/mol. The number of nitrogens with zero attached hydrogens (tertiary/aromatic N) is 25. The molecule has 13 N–H and O–H groups in total. The van der Waals surface area contributed by atoms with Gasteiger partial charge < -0.3 is 43.4 Å². The smallest absolute Gasteiger partial charge is 0.482 e. The van der Waals surface area contributed by atoms with E-state index in [9.17, 15) is 33.5 Å². The molecule has 0 unspecified atom stereocenters. The number of rotatable bonds is 12. The van der Waals surface area contributed by atoms with Gasteiger partial charge in [-0.15, -0.1) is 23.2 Å². The van der Waals surface area contributed by atoms with Gasteiger partial charge in [0.25, 0.3) is 22.6 Å². The fraction of sp³-hybridized carbons (Fsp3) is 0.188. The number of anilines is 5. The topological polar surface area (TPSA) is 529 Å². The van der Waals surface area contributed by atoms with Crippen LogP contribution in [0.1, 0.15) is 67.4 Å². The van der Waals surface area contributed by atoms with Crippen molar-refractivity contribution in [2.24, 2.45) is 28.2 Å². The number of halogens is 6. The van der Waals surface area contributed by atoms with Crippen molar-refractivity contribution in [3.05, 3.63) is 247 Å². The molecule has 47 heteroatoms. The number of carbonyl (C=O) groups excluding carboxylic acids is 2. The van der Waals surface area contributed by atoms with Crippen LogP contribution in [0.4, 0.5) is 33.2 Å². The summed E-state index contributed by atoms with van der Waals surface area (Å²) in [5.41, 5.74) is 37.7. The monoisotopic (exact) mass is 2030 g/mol. The van der Waals surface area contributed by atoms with Crippen molar-refractivity contribution in [2.45, 2.75) is 67.4 Å². The fourth-order valence-corrected chi connectivity index (χ4v) is 15.2. The maximum absolute atomic E-state index is 14.2. The number of nitrogens with two attached hydrogens (primary N) is 4. The van der Waals surface area contributed by atoms with E-state index < -0.39 is 16.8 Å². The number of aromatic amines is 1. The van der Waals surface area contributed by atoms with Gasteiger partial charge in [0.05, 0.1) is 73.4 Å². The SMILES string of the molecule is Cc1ccccc1-n1c(Cn2nc(-c3ccc(O)c(F)c3)c3c(N)ncnc32)nc2c(C)nn(C)c2c1=O.Cc1ccccc1-n1c(Cn2nc(I)c3c(N)ncnc32)nc2c(C)nn(C)c2c1=O.Cc1ccccc1NC(=O)c1c(N)c(C)nn1C.Cc1nn(C)c2c(=O)n(-c3ccccc3)c(CCl)nc12.Nc1ncnc2n[nH]c(I)c12.O=C(Cl)CCl.O[B]O.[Ar]. The minimum Gasteiger partial charge on any atom is -0.505 e. The number of alkyl halides is 2. The number of H-pyrrole nitrogens is 1. The van der Waals surface area contributed by atoms with Crippen LogP contribution in [0.3, 0.4) is 0 Å². The summed E-state index contributed by atoms with van der Waals surface area (Å²) in [4.78, 5) is 101. The number of benzene rings is 5. The zero-order valence-electron chi connectivity index (χ0n) is 69.2. The van der Waals surface area contributed by atoms with Crippen LogP contribution in [0.5, 0.6) is 5.75 Å². The molecule has 13 aromatic heterocycles. The Morgan fingerprint density at radius 1 is 0.535 bits per heavy atom. The van der Waals surface area contributed by atoms with Crippen LogP contribution in [0.25, 0.3) is 94.5 Å². The number of aryl methyl sites for hydroxylation is 11. The van der Waals surface area contributed by atoms with Crippen LogP contribution in [0, 0.1) is 99.4 Å². The van der Waals surface area contributed by atoms with E-state index in [1.807, 2.05) is 138 Å². The van der Waals surface area contributed by atoms with Gasteiger partial charge in [-0.3, -0.25) is 61.5 Å². The van der Waals surface area contributed by atoms with E-state index in [0.29, 0.717) is 139 Å². The first-order valence-corrected chi connectivity index (χ1v) is 41.1. The Labute approximate surface area is 792 Å². The van der Waals surface area contributed by atoms with E-state index in [0.717, 1.165) is 48.5 Å². The van der Waals surface area contributed by atoms with Crippen LogP contribution in [-0.4, -0.2) is 167 Å². The van der Waals surface area contributed by atoms with Crippen LogP contribution >= 0.6 is 80.0 Å². The van der Waals surface area contributed by atoms with Gasteiger partial charge in [-0.25, -0.2) is 58.6 Å². The number of fused-ring (bicyclic) bond motifs is 6. The molecular weight excluding hydrogens is 1950 g/mol. The van der Waals surface area contributed by atoms with Crippen molar-refractivity contribution in [2.75, 3.05) is 34.1 Å². The third-order valence-electron chi connectivity index (χ3n) is 19.3. The number of phenols is 1. The van der Waals surface area contributed by atoms with Crippen molar-refractivity contribution < 1.29 is 66.9 Å². The molecule has 0 fully saturated rings. The molecule has 0 aliphatic carbocycles. The van der Waals surface area contributed by atoms with E-state index in [1.165, 1.54) is 51.1 Å². The molecule has 0 bridgehead atoms. The largest absolute Gasteiger partial charge is 0.505 e. The van der Waals surface area contributed by atoms with Gasteiger partial charge in [0.2, 0.25) is 5.24 Å². The van der Waals surface area contributed by atoms with E-state index in [4.69, 9.17) is 82.9 Å². The summed E-state index contributed by atoms with van der Waals surface area (Å²) in [5.74, 6) is 0.983. The minimum absolute atomic E-state index is 0. The van der Waals surface area contributed by atoms with Gasteiger partial charge >= 0.3 is 7.69 Å². The Bertz CT molecular complexity index is 7380. The normalized spacial score (nSPS) is 10.9. The number of aromatic nitrogens is 26. The van der Waals surface area contributed by atoms with Crippen LogP contribution in [-0.2, 0) is 52.0 Å². The second-order valence-corrected chi connectivity index (χ2v) is 30.7. The number of aromatic hydroxyl groups is 1. The number of carbonyl (C=O) groups is 2. The molecule has 653 valence electrons. The summed E-state index contributed by atoms with van der Waals surface area (Å²) < 4.78 is 29.9. The third kappa shape index (κ3) is 20.2. The Morgan fingerprint density at radius 3 is 1.43 bits per heavy atom. The summed E-state index contributed by atoms with van der Waals surface area (Å²) in [6, 6.07) is 36.1. The van der Waals surface area contributed by atoms with Crippen molar-refractivity contribution in [3.8, 4) is 34.1 Å². The zero-order chi connectivity index (χ0) is 91.0. The average Bonchev–Trinajstić information content (AvgIpc) is 1.62. The molecule has 13 heterocycles. The molecule has 1 amide bonds. The van der Waals surface area contributed by atoms with Gasteiger partial charge in [0.15, 0.2) is 45.1 Å². The van der Waals surface area contributed by atoms with E-state index in [1.54, 1.807) is 69.9 Å². The van der Waals surface area contributed by atoms with Gasteiger partial charge in [0.1, 0.15) is 102 Å². The molecule has 0 aliphatic rings. The van der Waals surface area contributed by atoms with E-state index in [2.05, 4.69) is 121 Å². The quantitative estimate of drug-likeness (QED) is 0.0238. The second-order valence-electron chi connectivity index (χ2n) is 27.6. The summed E-state index contributed by atoms with van der Waals surface area (Å²) in [6.45, 7) is 13.3. The minimum atomic E-state index is -0.798. The molecular formula is C80H77ArBCl3FI2N31O8. The summed E-state index contributed by atoms with van der Waals surface area (Å²) in [6.07, 6.45) is 4.12. The predicted octanol–water partition coefficient (Wildman–Crippen LogP) is 9.20. The Kier molecular flexibility index (Phi) is 31.1. The molecule has 18 rings (SSSR count). The molecule has 1 radical (unpaired) electrons. The standard InChI is InChI=1S/C26H22FN9O2.C20H18IN9O.C14H13ClN4O.C13H16N4O.C5H4IN5.C2H2Cl2O.Ar.BH2O2/c1-13-6-4-5-7-17(13)36-19(31-21-14(2)32-34(3)23(21)26(36)38)11-35-25-20(24(28)29-12-30-25)22(33-35)15-8-9-18(37)16(27)10-15;1-10-6-4-5-7-12(10)30-13(25-15-11(2)26-28(3)16(15)20(30)31)8-29-19-14(17(21)27-29)18(22)23-9-24-19;1-9-12-13(18(2)17-9)14(20)19(11(8-15)16-12)10-6-4-3-5-7-10;1-8-6-4-5-7-10(8)15-13(18)12-11(14)9(2)16-17(12)3;6-3-2-4(7)8-1-9-5(2)11-10-3;3-1-2(4)5;;2-1-3/h4-10,12,37H,11H2,1-3H3,(H2,28,29,30);4-7,9H,8H2,1-3H3,(H2,22,23,24);3-7H,8H2,1-2H3;4-7H,14H2,1-3H3,(H,15,18);1H,(H3,7,8,9,10,11);1H2;;2-3H. The Morgan fingerprint density at radius 2 is 0.969 bits per heavy atom. The van der Waals surface area contributed by atoms with Crippen molar-refractivity contribution >= 4 is 194 Å². The van der Waals surface area contributed by atoms with E-state index >= 15 is 0 Å². The van der Waals surface area contributed by atoms with Crippen molar-refractivity contribution in [3.63, 3.8) is 0 Å². The number of hydrogen-bond donors (Lipinski definition) is 9. The summed E-state index contributed by atoms with van der Waals surface area (Å²) in [7, 11) is 6.91. The number of hydrogen-bond acceptors (Lipinski definition) is 28. The molecule has 18 aromatic rings. The maximum Gasteiger partial charge on any atom is 0.482 e. The fourth-order valence-electron chi connectivity index (χ4n) is 13.6. The third-order valence-corrected chi connectivity index (χ3v) is 21.6. The van der Waals surface area contributed by atoms with Crippen molar-refractivity contribution in [1.82, 2.24) is 127 Å². The number of amides is 1. The maximum atomic E-state index is 14.2. The first kappa shape index (κ1) is 95.3. The number of para-hydroxylation sites is 4. The number of phenolic OH excluding ortho intramolecular Hbond substituents is 1. The molecule has 0 saturated heterocycles. The van der Waals surface area contributed by atoms with Crippen LogP contribution < -0.4 is 44.9 Å². The zero-order valence-corrected chi connectivity index (χ0v) is 76.5. The molecule has 5 aromatic carbocycles. The summed E-state index contributed by atoms with van der Waals surface area (Å²) >= 11 is 19.7. The van der Waals surface area contributed by atoms with Gasteiger partial charge in [-0.05, 0) is 170 Å². The molecule has 0 saturated carbocycles. The predicted molar refractivity (Wildman–Crippen MR) is 495 cm³/mol. The van der Waals surface area contributed by atoms with E-state index in [-0.39, 0.29) is 98.7 Å². The van der Waals surface area contributed by atoms with Gasteiger partial charge in [0, 0.05) is 77.2 Å². The first-order valence-electron chi connectivity index (χ1n) is 37.5. The molecule has 39 nitrogen and oxygen atoms in total. The van der Waals surface area contributed by atoms with Crippen molar-refractivity contribution in [1.29, 1.82) is 0 Å². The molecule has 0 atom stereocenters. The number of nitrogen functional groups attached to an aromatic ring is 4. The molecule has 0 spiro atoms. The summed E-state index contributed by atoms with van der Waals surface area (Å²) in [5, 5.41) is 61.0. The number of nitrogens with one attached hydrogen (secondary N) is 2. The Hall–Kier alpha value is -12.3. The Balaban J connectivity index is 0.000000158. The molecule has 127 heavy (non-hydrogen) atoms. The van der Waals surface area contributed by atoms with Gasteiger partial charge in [-0.1, -0.05) is 72.8 Å². The first-order chi connectivity index (χ1) is 60.2. The second kappa shape index (κ2) is 41.4. The molecule has 0 aliphatic heterocycles.